The molecule has 1 saturated carbocycles. The van der Waals surface area contributed by atoms with E-state index in [0.717, 1.165) is 43.1 Å². The summed E-state index contributed by atoms with van der Waals surface area (Å²) in [6.45, 7) is 6.01. The van der Waals surface area contributed by atoms with Gasteiger partial charge in [0, 0.05) is 30.5 Å². The van der Waals surface area contributed by atoms with Gasteiger partial charge in [-0.2, -0.15) is 0 Å². The number of amides is 1. The predicted octanol–water partition coefficient (Wildman–Crippen LogP) is 3.07. The van der Waals surface area contributed by atoms with Crippen molar-refractivity contribution in [3.8, 4) is 0 Å². The van der Waals surface area contributed by atoms with Crippen molar-refractivity contribution in [1.29, 1.82) is 0 Å². The number of carbonyl (C=O) groups is 1. The number of nitrogens with one attached hydrogen (secondary N) is 1. The van der Waals surface area contributed by atoms with Crippen molar-refractivity contribution >= 4 is 36.7 Å². The first-order valence-corrected chi connectivity index (χ1v) is 9.18. The maximum absolute atomic E-state index is 12.1. The largest absolute Gasteiger partial charge is 0.348 e. The molecule has 148 valence electrons. The van der Waals surface area contributed by atoms with E-state index in [1.165, 1.54) is 32.1 Å². The highest BCUT2D eigenvalue weighted by Crippen LogP contribution is 2.33. The lowest BCUT2D eigenvalue weighted by atomic mass is 10.1. The molecule has 1 saturated heterocycles. The number of carbonyl (C=O) groups excluding carboxylic acids is 1. The fourth-order valence-electron chi connectivity index (χ4n) is 3.27. The van der Waals surface area contributed by atoms with Crippen molar-refractivity contribution in [2.45, 2.75) is 70.4 Å². The van der Waals surface area contributed by atoms with Gasteiger partial charge in [0.25, 0.3) is 0 Å². The molecule has 3 rings (SSSR count). The van der Waals surface area contributed by atoms with E-state index >= 15 is 0 Å². The van der Waals surface area contributed by atoms with Gasteiger partial charge in [0.15, 0.2) is 0 Å². The van der Waals surface area contributed by atoms with Crippen LogP contribution in [0.15, 0.2) is 6.20 Å². The first-order chi connectivity index (χ1) is 11.5. The highest BCUT2D eigenvalue weighted by atomic mass is 35.5. The second-order valence-corrected chi connectivity index (χ2v) is 7.32. The Kier molecular flexibility index (Phi) is 8.57. The molecule has 0 bridgehead atoms. The number of nitrogens with zero attached hydrogens (tertiary/aromatic N) is 3. The lowest BCUT2D eigenvalue weighted by molar-refractivity contribution is -0.123. The lowest BCUT2D eigenvalue weighted by Crippen LogP contribution is -2.43. The second-order valence-electron chi connectivity index (χ2n) is 7.32. The van der Waals surface area contributed by atoms with Crippen LogP contribution in [0.2, 0.25) is 0 Å². The molecule has 2 fully saturated rings. The highest BCUT2D eigenvalue weighted by Gasteiger charge is 2.46. The minimum atomic E-state index is -0.645. The van der Waals surface area contributed by atoms with Gasteiger partial charge in [-0.15, -0.1) is 24.8 Å². The summed E-state index contributed by atoms with van der Waals surface area (Å²) in [4.78, 5) is 23.7. The third-order valence-corrected chi connectivity index (χ3v) is 5.20. The van der Waals surface area contributed by atoms with Gasteiger partial charge < -0.3 is 16.0 Å². The number of halogens is 2. The zero-order valence-corrected chi connectivity index (χ0v) is 17.3. The summed E-state index contributed by atoms with van der Waals surface area (Å²) in [7, 11) is 0. The minimum absolute atomic E-state index is 0. The quantitative estimate of drug-likeness (QED) is 0.806. The van der Waals surface area contributed by atoms with Crippen LogP contribution in [-0.4, -0.2) is 34.5 Å². The molecule has 3 N–H and O–H groups in total. The second kappa shape index (κ2) is 9.72. The number of hydrogen-bond donors (Lipinski definition) is 2. The Morgan fingerprint density at radius 2 is 1.77 bits per heavy atom. The lowest BCUT2D eigenvalue weighted by Gasteiger charge is -2.26. The maximum atomic E-state index is 12.1. The summed E-state index contributed by atoms with van der Waals surface area (Å²) in [5.74, 6) is 0.747. The molecule has 1 atom stereocenters. The van der Waals surface area contributed by atoms with Gasteiger partial charge >= 0.3 is 0 Å². The number of nitrogens with two attached hydrogens (primary N) is 1. The van der Waals surface area contributed by atoms with Crippen molar-refractivity contribution < 1.29 is 4.79 Å². The normalized spacial score (nSPS) is 19.9. The third kappa shape index (κ3) is 5.44. The Labute approximate surface area is 168 Å². The average molecular weight is 404 g/mol. The Bertz CT molecular complexity index is 601. The van der Waals surface area contributed by atoms with Crippen LogP contribution in [0.3, 0.4) is 0 Å². The van der Waals surface area contributed by atoms with E-state index in [-0.39, 0.29) is 36.8 Å². The molecule has 0 aromatic carbocycles. The molecule has 1 amide bonds. The van der Waals surface area contributed by atoms with E-state index in [1.54, 1.807) is 0 Å². The van der Waals surface area contributed by atoms with Crippen LogP contribution in [0.5, 0.6) is 0 Å². The fourth-order valence-corrected chi connectivity index (χ4v) is 3.27. The minimum Gasteiger partial charge on any atom is -0.348 e. The topological polar surface area (TPSA) is 84.1 Å². The Hall–Kier alpha value is -1.11. The summed E-state index contributed by atoms with van der Waals surface area (Å²) in [6.07, 6.45) is 9.73. The van der Waals surface area contributed by atoms with E-state index < -0.39 is 5.54 Å². The van der Waals surface area contributed by atoms with E-state index in [1.807, 2.05) is 20.0 Å². The summed E-state index contributed by atoms with van der Waals surface area (Å²) in [5, 5.41) is 3.00. The van der Waals surface area contributed by atoms with Crippen molar-refractivity contribution in [3.05, 3.63) is 17.5 Å². The van der Waals surface area contributed by atoms with E-state index in [0.29, 0.717) is 0 Å². The van der Waals surface area contributed by atoms with Crippen LogP contribution in [0, 0.1) is 6.92 Å². The molecule has 1 aliphatic carbocycles. The molecular formula is C18H31Cl2N5O. The van der Waals surface area contributed by atoms with E-state index in [2.05, 4.69) is 15.2 Å². The molecule has 0 spiro atoms. The monoisotopic (exact) mass is 403 g/mol. The van der Waals surface area contributed by atoms with Crippen LogP contribution in [0.4, 0.5) is 5.95 Å². The smallest absolute Gasteiger partial charge is 0.240 e. The van der Waals surface area contributed by atoms with Crippen molar-refractivity contribution in [3.63, 3.8) is 0 Å². The highest BCUT2D eigenvalue weighted by molar-refractivity contribution is 5.89. The van der Waals surface area contributed by atoms with Gasteiger partial charge in [-0.05, 0) is 39.5 Å². The Balaban J connectivity index is 0.00000169. The first-order valence-electron chi connectivity index (χ1n) is 9.18. The molecule has 1 aliphatic heterocycles. The third-order valence-electron chi connectivity index (χ3n) is 5.20. The number of anilines is 1. The van der Waals surface area contributed by atoms with Crippen molar-refractivity contribution in [2.24, 2.45) is 5.73 Å². The standard InChI is InChI=1S/C18H29N5O.2ClH/c1-13(21-16(24)18(19)8-9-18)15-12-20-17(22-14(15)2)23-10-6-4-3-5-7-11-23;;/h12-13H,3-11,19H2,1-2H3,(H,21,24);2*1H. The molecule has 8 heteroatoms. The van der Waals surface area contributed by atoms with Crippen molar-refractivity contribution in [2.75, 3.05) is 18.0 Å². The Morgan fingerprint density at radius 1 is 1.19 bits per heavy atom. The summed E-state index contributed by atoms with van der Waals surface area (Å²) < 4.78 is 0. The molecule has 6 nitrogen and oxygen atoms in total. The van der Waals surface area contributed by atoms with Crippen LogP contribution < -0.4 is 16.0 Å². The summed E-state index contributed by atoms with van der Waals surface area (Å²) in [6, 6.07) is -0.125. The van der Waals surface area contributed by atoms with Crippen LogP contribution in [-0.2, 0) is 4.79 Å². The zero-order chi connectivity index (χ0) is 17.2. The van der Waals surface area contributed by atoms with E-state index in [9.17, 15) is 4.79 Å². The van der Waals surface area contributed by atoms with Gasteiger partial charge in [0.05, 0.1) is 11.6 Å². The summed E-state index contributed by atoms with van der Waals surface area (Å²) >= 11 is 0. The van der Waals surface area contributed by atoms with Gasteiger partial charge in [-0.25, -0.2) is 9.97 Å². The molecule has 2 aliphatic rings. The zero-order valence-electron chi connectivity index (χ0n) is 15.7. The van der Waals surface area contributed by atoms with Gasteiger partial charge in [-0.1, -0.05) is 19.3 Å². The SMILES string of the molecule is Cc1nc(N2CCCCCCC2)ncc1C(C)NC(=O)C1(N)CC1.Cl.Cl. The Morgan fingerprint density at radius 3 is 2.31 bits per heavy atom. The predicted molar refractivity (Wildman–Crippen MR) is 109 cm³/mol. The fraction of sp³-hybridized carbons (Fsp3) is 0.722. The number of aryl methyl sites for hydroxylation is 1. The summed E-state index contributed by atoms with van der Waals surface area (Å²) in [5.41, 5.74) is 7.20. The first kappa shape index (κ1) is 22.9. The van der Waals surface area contributed by atoms with Gasteiger partial charge in [-0.3, -0.25) is 4.79 Å². The van der Waals surface area contributed by atoms with E-state index in [4.69, 9.17) is 10.7 Å². The van der Waals surface area contributed by atoms with Gasteiger partial charge in [0.1, 0.15) is 0 Å². The number of rotatable bonds is 4. The molecule has 0 radical (unpaired) electrons. The molecular weight excluding hydrogens is 373 g/mol. The van der Waals surface area contributed by atoms with Crippen LogP contribution >= 0.6 is 24.8 Å². The average Bonchev–Trinajstić information content (AvgIpc) is 3.26. The van der Waals surface area contributed by atoms with Crippen LogP contribution in [0.25, 0.3) is 0 Å². The molecule has 2 heterocycles. The molecule has 1 unspecified atom stereocenters. The van der Waals surface area contributed by atoms with Crippen LogP contribution in [0.1, 0.15) is 69.2 Å². The molecule has 1 aromatic heterocycles. The van der Waals surface area contributed by atoms with Gasteiger partial charge in [0.2, 0.25) is 11.9 Å². The number of hydrogen-bond acceptors (Lipinski definition) is 5. The maximum Gasteiger partial charge on any atom is 0.240 e. The molecule has 26 heavy (non-hydrogen) atoms. The van der Waals surface area contributed by atoms with Crippen molar-refractivity contribution in [1.82, 2.24) is 15.3 Å². The number of aromatic nitrogens is 2. The molecule has 1 aromatic rings.